The van der Waals surface area contributed by atoms with Crippen LogP contribution in [-0.4, -0.2) is 60.6 Å². The Bertz CT molecular complexity index is 995. The molecule has 0 bridgehead atoms. The van der Waals surface area contributed by atoms with Crippen LogP contribution < -0.4 is 4.74 Å². The van der Waals surface area contributed by atoms with Crippen molar-refractivity contribution in [1.82, 2.24) is 9.80 Å². The van der Waals surface area contributed by atoms with Crippen LogP contribution in [0.25, 0.3) is 0 Å². The third-order valence-electron chi connectivity index (χ3n) is 6.95. The molecule has 2 aliphatic heterocycles. The minimum Gasteiger partial charge on any atom is -0.491 e. The van der Waals surface area contributed by atoms with Crippen LogP contribution >= 0.6 is 11.3 Å². The minimum atomic E-state index is -0.166. The van der Waals surface area contributed by atoms with Crippen LogP contribution in [0.3, 0.4) is 0 Å². The quantitative estimate of drug-likeness (QED) is 0.486. The molecule has 7 heteroatoms. The molecule has 35 heavy (non-hydrogen) atoms. The van der Waals surface area contributed by atoms with Gasteiger partial charge in [-0.25, -0.2) is 0 Å². The summed E-state index contributed by atoms with van der Waals surface area (Å²) in [5.41, 5.74) is 2.43. The fourth-order valence-electron chi connectivity index (χ4n) is 4.88. The van der Waals surface area contributed by atoms with Crippen LogP contribution in [0.2, 0.25) is 0 Å². The molecule has 2 aliphatic rings. The van der Waals surface area contributed by atoms with Crippen LogP contribution in [0.15, 0.2) is 35.7 Å². The Labute approximate surface area is 213 Å². The molecule has 2 atom stereocenters. The maximum atomic E-state index is 13.6. The molecule has 1 fully saturated rings. The van der Waals surface area contributed by atoms with Crippen molar-refractivity contribution in [3.63, 3.8) is 0 Å². The second kappa shape index (κ2) is 11.6. The van der Waals surface area contributed by atoms with E-state index in [0.29, 0.717) is 25.6 Å². The van der Waals surface area contributed by atoms with Gasteiger partial charge in [0.15, 0.2) is 0 Å². The monoisotopic (exact) mass is 498 g/mol. The average Bonchev–Trinajstić information content (AvgIpc) is 3.53. The number of rotatable bonds is 9. The van der Waals surface area contributed by atoms with Crippen molar-refractivity contribution in [2.45, 2.75) is 65.0 Å². The summed E-state index contributed by atoms with van der Waals surface area (Å²) < 4.78 is 12.0. The van der Waals surface area contributed by atoms with Gasteiger partial charge >= 0.3 is 0 Å². The molecule has 0 N–H and O–H groups in total. The Morgan fingerprint density at radius 3 is 2.60 bits per heavy atom. The van der Waals surface area contributed by atoms with Crippen molar-refractivity contribution in [1.29, 1.82) is 0 Å². The van der Waals surface area contributed by atoms with E-state index in [0.717, 1.165) is 37.2 Å². The van der Waals surface area contributed by atoms with E-state index in [9.17, 15) is 9.59 Å². The van der Waals surface area contributed by atoms with Gasteiger partial charge < -0.3 is 19.3 Å². The summed E-state index contributed by atoms with van der Waals surface area (Å²) in [4.78, 5) is 31.5. The summed E-state index contributed by atoms with van der Waals surface area (Å²) >= 11 is 1.74. The first kappa shape index (κ1) is 25.7. The van der Waals surface area contributed by atoms with Crippen molar-refractivity contribution in [3.05, 3.63) is 51.7 Å². The first-order chi connectivity index (χ1) is 16.8. The van der Waals surface area contributed by atoms with Gasteiger partial charge in [0.05, 0.1) is 18.7 Å². The van der Waals surface area contributed by atoms with E-state index in [1.54, 1.807) is 16.2 Å². The van der Waals surface area contributed by atoms with Crippen LogP contribution in [0.4, 0.5) is 0 Å². The van der Waals surface area contributed by atoms with Gasteiger partial charge in [-0.2, -0.15) is 0 Å². The number of carbonyl (C=O) groups is 2. The van der Waals surface area contributed by atoms with Crippen molar-refractivity contribution < 1.29 is 19.1 Å². The molecule has 0 saturated carbocycles. The zero-order chi connectivity index (χ0) is 24.9. The summed E-state index contributed by atoms with van der Waals surface area (Å²) in [6, 6.07) is 10.1. The number of ether oxygens (including phenoxy) is 2. The van der Waals surface area contributed by atoms with Gasteiger partial charge in [-0.15, -0.1) is 11.3 Å². The van der Waals surface area contributed by atoms with Crippen molar-refractivity contribution >= 4 is 23.2 Å². The maximum Gasteiger partial charge on any atom is 0.242 e. The zero-order valence-corrected chi connectivity index (χ0v) is 22.2. The predicted molar refractivity (Wildman–Crippen MR) is 139 cm³/mol. The summed E-state index contributed by atoms with van der Waals surface area (Å²) in [7, 11) is 0. The van der Waals surface area contributed by atoms with E-state index < -0.39 is 0 Å². The molecule has 0 radical (unpaired) electrons. The Kier molecular flexibility index (Phi) is 8.50. The number of amides is 2. The highest BCUT2D eigenvalue weighted by atomic mass is 32.1. The second-order valence-corrected chi connectivity index (χ2v) is 11.2. The number of thiophene rings is 1. The number of benzene rings is 1. The van der Waals surface area contributed by atoms with Gasteiger partial charge in [0.2, 0.25) is 11.8 Å². The molecular formula is C28H38N2O4S. The van der Waals surface area contributed by atoms with Crippen molar-refractivity contribution in [3.8, 4) is 5.75 Å². The van der Waals surface area contributed by atoms with Gasteiger partial charge in [0, 0.05) is 30.5 Å². The van der Waals surface area contributed by atoms with E-state index in [4.69, 9.17) is 9.47 Å². The molecular weight excluding hydrogens is 460 g/mol. The van der Waals surface area contributed by atoms with Gasteiger partial charge in [-0.05, 0) is 59.9 Å². The SMILES string of the molecule is CC(C)C(=O)N(CC(=O)N1CCc2sccc2C1COc1ccc(C(C)C)cc1)CC1CCCO1. The summed E-state index contributed by atoms with van der Waals surface area (Å²) in [6.45, 7) is 10.4. The summed E-state index contributed by atoms with van der Waals surface area (Å²) in [5, 5.41) is 2.09. The second-order valence-electron chi connectivity index (χ2n) is 10.2. The minimum absolute atomic E-state index is 0.000115. The Balaban J connectivity index is 1.48. The van der Waals surface area contributed by atoms with Crippen LogP contribution in [-0.2, 0) is 20.7 Å². The molecule has 1 saturated heterocycles. The first-order valence-corrected chi connectivity index (χ1v) is 13.7. The molecule has 4 rings (SSSR count). The number of nitrogens with zero attached hydrogens (tertiary/aromatic N) is 2. The highest BCUT2D eigenvalue weighted by molar-refractivity contribution is 7.10. The molecule has 2 amide bonds. The fraction of sp³-hybridized carbons (Fsp3) is 0.571. The molecule has 3 heterocycles. The van der Waals surface area contributed by atoms with Gasteiger partial charge in [-0.1, -0.05) is 39.8 Å². The highest BCUT2D eigenvalue weighted by Gasteiger charge is 2.34. The normalized spacial score (nSPS) is 19.8. The average molecular weight is 499 g/mol. The lowest BCUT2D eigenvalue weighted by Gasteiger charge is -2.37. The fourth-order valence-corrected chi connectivity index (χ4v) is 5.81. The lowest BCUT2D eigenvalue weighted by molar-refractivity contribution is -0.145. The topological polar surface area (TPSA) is 59.1 Å². The molecule has 0 aliphatic carbocycles. The molecule has 2 aromatic rings. The Morgan fingerprint density at radius 1 is 1.17 bits per heavy atom. The Hall–Kier alpha value is -2.38. The molecule has 1 aromatic carbocycles. The third kappa shape index (κ3) is 6.25. The van der Waals surface area contributed by atoms with E-state index in [2.05, 4.69) is 37.4 Å². The van der Waals surface area contributed by atoms with E-state index in [1.165, 1.54) is 10.4 Å². The predicted octanol–water partition coefficient (Wildman–Crippen LogP) is 5.04. The van der Waals surface area contributed by atoms with E-state index in [-0.39, 0.29) is 36.4 Å². The smallest absolute Gasteiger partial charge is 0.242 e. The largest absolute Gasteiger partial charge is 0.491 e. The molecule has 2 unspecified atom stereocenters. The Morgan fingerprint density at radius 2 is 1.94 bits per heavy atom. The number of fused-ring (bicyclic) bond motifs is 1. The number of carbonyl (C=O) groups excluding carboxylic acids is 2. The van der Waals surface area contributed by atoms with E-state index in [1.807, 2.05) is 30.9 Å². The maximum absolute atomic E-state index is 13.6. The highest BCUT2D eigenvalue weighted by Crippen LogP contribution is 2.34. The van der Waals surface area contributed by atoms with Gasteiger partial charge in [-0.3, -0.25) is 9.59 Å². The van der Waals surface area contributed by atoms with Gasteiger partial charge in [0.1, 0.15) is 12.4 Å². The van der Waals surface area contributed by atoms with Crippen LogP contribution in [0.1, 0.15) is 68.5 Å². The van der Waals surface area contributed by atoms with Gasteiger partial charge in [0.25, 0.3) is 0 Å². The molecule has 6 nitrogen and oxygen atoms in total. The number of hydrogen-bond donors (Lipinski definition) is 0. The lowest BCUT2D eigenvalue weighted by atomic mass is 10.00. The summed E-state index contributed by atoms with van der Waals surface area (Å²) in [6.07, 6.45) is 2.79. The van der Waals surface area contributed by atoms with Crippen LogP contribution in [0, 0.1) is 5.92 Å². The molecule has 190 valence electrons. The molecule has 0 spiro atoms. The lowest BCUT2D eigenvalue weighted by Crippen LogP contribution is -2.50. The summed E-state index contributed by atoms with van der Waals surface area (Å²) in [5.74, 6) is 1.08. The third-order valence-corrected chi connectivity index (χ3v) is 7.95. The molecule has 1 aromatic heterocycles. The van der Waals surface area contributed by atoms with Crippen molar-refractivity contribution in [2.24, 2.45) is 5.92 Å². The standard InChI is InChI=1S/C28H38N2O4S/c1-19(2)21-7-9-22(10-8-21)34-18-25-24-12-15-35-26(24)11-13-30(25)27(31)17-29(28(32)20(3)4)16-23-6-5-14-33-23/h7-10,12,15,19-20,23,25H,5-6,11,13-14,16-18H2,1-4H3. The number of hydrogen-bond acceptors (Lipinski definition) is 5. The zero-order valence-electron chi connectivity index (χ0n) is 21.4. The van der Waals surface area contributed by atoms with E-state index >= 15 is 0 Å². The van der Waals surface area contributed by atoms with Crippen LogP contribution in [0.5, 0.6) is 5.75 Å². The van der Waals surface area contributed by atoms with Crippen molar-refractivity contribution in [2.75, 3.05) is 32.8 Å². The first-order valence-electron chi connectivity index (χ1n) is 12.8.